The number of hydrogen-bond donors (Lipinski definition) is 2. The molecule has 2 unspecified atom stereocenters. The van der Waals surface area contributed by atoms with E-state index in [9.17, 15) is 10.2 Å². The molecule has 1 heterocycles. The predicted octanol–water partition coefficient (Wildman–Crippen LogP) is 2.56. The first kappa shape index (κ1) is 12.4. The molecule has 17 heavy (non-hydrogen) atoms. The molecule has 94 valence electrons. The lowest BCUT2D eigenvalue weighted by molar-refractivity contribution is 0.0220. The van der Waals surface area contributed by atoms with Crippen LogP contribution in [0.4, 0.5) is 0 Å². The zero-order valence-corrected chi connectivity index (χ0v) is 10.2. The molecule has 1 saturated heterocycles. The lowest BCUT2D eigenvalue weighted by atomic mass is 9.89. The van der Waals surface area contributed by atoms with Gasteiger partial charge in [0.25, 0.3) is 0 Å². The van der Waals surface area contributed by atoms with E-state index in [1.54, 1.807) is 24.3 Å². The van der Waals surface area contributed by atoms with Gasteiger partial charge in [-0.3, -0.25) is 0 Å². The van der Waals surface area contributed by atoms with E-state index < -0.39 is 5.60 Å². The molecule has 1 aliphatic rings. The molecule has 0 bridgehead atoms. The van der Waals surface area contributed by atoms with Gasteiger partial charge in [0.15, 0.2) is 0 Å². The SMILES string of the molecule is CC(O)(CCC1CCCO1)c1ccc(O)cc1. The molecule has 0 saturated carbocycles. The molecule has 0 aromatic heterocycles. The highest BCUT2D eigenvalue weighted by atomic mass is 16.5. The predicted molar refractivity (Wildman–Crippen MR) is 65.9 cm³/mol. The normalized spacial score (nSPS) is 23.5. The van der Waals surface area contributed by atoms with Crippen molar-refractivity contribution in [2.24, 2.45) is 0 Å². The van der Waals surface area contributed by atoms with E-state index in [-0.39, 0.29) is 5.75 Å². The first-order valence-electron chi connectivity index (χ1n) is 6.21. The molecule has 1 fully saturated rings. The number of rotatable bonds is 4. The Morgan fingerprint density at radius 2 is 2.06 bits per heavy atom. The van der Waals surface area contributed by atoms with E-state index in [0.717, 1.165) is 31.4 Å². The molecule has 0 radical (unpaired) electrons. The molecular weight excluding hydrogens is 216 g/mol. The van der Waals surface area contributed by atoms with Crippen LogP contribution in [0.25, 0.3) is 0 Å². The van der Waals surface area contributed by atoms with Gasteiger partial charge >= 0.3 is 0 Å². The Bertz CT molecular complexity index is 350. The Balaban J connectivity index is 1.94. The van der Waals surface area contributed by atoms with Crippen LogP contribution in [0.15, 0.2) is 24.3 Å². The van der Waals surface area contributed by atoms with Gasteiger partial charge in [-0.1, -0.05) is 12.1 Å². The van der Waals surface area contributed by atoms with Gasteiger partial charge in [0.1, 0.15) is 5.75 Å². The van der Waals surface area contributed by atoms with E-state index in [2.05, 4.69) is 0 Å². The average molecular weight is 236 g/mol. The first-order valence-corrected chi connectivity index (χ1v) is 6.21. The van der Waals surface area contributed by atoms with Gasteiger partial charge in [-0.2, -0.15) is 0 Å². The topological polar surface area (TPSA) is 49.7 Å². The Hall–Kier alpha value is -1.06. The van der Waals surface area contributed by atoms with Crippen molar-refractivity contribution in [2.75, 3.05) is 6.61 Å². The Kier molecular flexibility index (Phi) is 3.69. The minimum Gasteiger partial charge on any atom is -0.508 e. The lowest BCUT2D eigenvalue weighted by Gasteiger charge is -2.25. The molecule has 2 rings (SSSR count). The van der Waals surface area contributed by atoms with E-state index in [1.165, 1.54) is 0 Å². The Morgan fingerprint density at radius 1 is 1.35 bits per heavy atom. The minimum atomic E-state index is -0.848. The molecule has 3 heteroatoms. The fourth-order valence-corrected chi connectivity index (χ4v) is 2.28. The van der Waals surface area contributed by atoms with E-state index in [4.69, 9.17) is 4.74 Å². The van der Waals surface area contributed by atoms with Gasteiger partial charge in [0, 0.05) is 6.61 Å². The van der Waals surface area contributed by atoms with Crippen LogP contribution in [-0.2, 0) is 10.3 Å². The van der Waals surface area contributed by atoms with Crippen molar-refractivity contribution in [3.63, 3.8) is 0 Å². The summed E-state index contributed by atoms with van der Waals surface area (Å²) in [7, 11) is 0. The zero-order valence-electron chi connectivity index (χ0n) is 10.2. The van der Waals surface area contributed by atoms with Crippen LogP contribution in [0, 0.1) is 0 Å². The molecule has 1 aromatic rings. The second-order valence-electron chi connectivity index (χ2n) is 4.99. The van der Waals surface area contributed by atoms with Gasteiger partial charge < -0.3 is 14.9 Å². The summed E-state index contributed by atoms with van der Waals surface area (Å²) in [5, 5.41) is 19.6. The van der Waals surface area contributed by atoms with E-state index >= 15 is 0 Å². The number of phenols is 1. The van der Waals surface area contributed by atoms with E-state index in [0.29, 0.717) is 12.5 Å². The Morgan fingerprint density at radius 3 is 2.65 bits per heavy atom. The molecule has 2 atom stereocenters. The number of hydrogen-bond acceptors (Lipinski definition) is 3. The van der Waals surface area contributed by atoms with Gasteiger partial charge in [-0.05, 0) is 50.3 Å². The lowest BCUT2D eigenvalue weighted by Crippen LogP contribution is -2.23. The molecule has 0 spiro atoms. The van der Waals surface area contributed by atoms with Crippen LogP contribution in [0.3, 0.4) is 0 Å². The second-order valence-corrected chi connectivity index (χ2v) is 4.99. The van der Waals surface area contributed by atoms with Crippen molar-refractivity contribution in [2.45, 2.75) is 44.3 Å². The van der Waals surface area contributed by atoms with Crippen LogP contribution >= 0.6 is 0 Å². The number of aromatic hydroxyl groups is 1. The van der Waals surface area contributed by atoms with Crippen molar-refractivity contribution in [3.05, 3.63) is 29.8 Å². The maximum absolute atomic E-state index is 10.4. The van der Waals surface area contributed by atoms with Gasteiger partial charge in [0.2, 0.25) is 0 Å². The van der Waals surface area contributed by atoms with Crippen molar-refractivity contribution in [3.8, 4) is 5.75 Å². The summed E-state index contributed by atoms with van der Waals surface area (Å²) in [6.07, 6.45) is 4.10. The van der Waals surface area contributed by atoms with Crippen LogP contribution in [0.1, 0.15) is 38.2 Å². The highest BCUT2D eigenvalue weighted by Gasteiger charge is 2.25. The molecule has 2 N–H and O–H groups in total. The smallest absolute Gasteiger partial charge is 0.115 e. The van der Waals surface area contributed by atoms with Crippen LogP contribution < -0.4 is 0 Å². The summed E-state index contributed by atoms with van der Waals surface area (Å²) in [6, 6.07) is 6.75. The van der Waals surface area contributed by atoms with E-state index in [1.807, 2.05) is 6.92 Å². The van der Waals surface area contributed by atoms with Gasteiger partial charge in [0.05, 0.1) is 11.7 Å². The standard InChI is InChI=1S/C14H20O3/c1-14(16,9-8-13-3-2-10-17-13)11-4-6-12(15)7-5-11/h4-7,13,15-16H,2-3,8-10H2,1H3. The second kappa shape index (κ2) is 5.07. The highest BCUT2D eigenvalue weighted by Crippen LogP contribution is 2.29. The molecular formula is C14H20O3. The molecule has 1 aromatic carbocycles. The fourth-order valence-electron chi connectivity index (χ4n) is 2.28. The quantitative estimate of drug-likeness (QED) is 0.844. The summed E-state index contributed by atoms with van der Waals surface area (Å²) >= 11 is 0. The van der Waals surface area contributed by atoms with Crippen LogP contribution in [-0.4, -0.2) is 22.9 Å². The zero-order chi connectivity index (χ0) is 12.3. The third kappa shape index (κ3) is 3.20. The van der Waals surface area contributed by atoms with Crippen molar-refractivity contribution in [1.82, 2.24) is 0 Å². The largest absolute Gasteiger partial charge is 0.508 e. The summed E-state index contributed by atoms with van der Waals surface area (Å²) in [6.45, 7) is 2.67. The maximum atomic E-state index is 10.4. The molecule has 1 aliphatic heterocycles. The summed E-state index contributed by atoms with van der Waals surface area (Å²) in [5.41, 5.74) is -0.00655. The maximum Gasteiger partial charge on any atom is 0.115 e. The van der Waals surface area contributed by atoms with Gasteiger partial charge in [-0.25, -0.2) is 0 Å². The number of benzene rings is 1. The minimum absolute atomic E-state index is 0.226. The number of ether oxygens (including phenoxy) is 1. The first-order chi connectivity index (χ1) is 8.08. The average Bonchev–Trinajstić information content (AvgIpc) is 2.80. The van der Waals surface area contributed by atoms with Crippen molar-refractivity contribution < 1.29 is 14.9 Å². The van der Waals surface area contributed by atoms with Crippen molar-refractivity contribution in [1.29, 1.82) is 0 Å². The summed E-state index contributed by atoms with van der Waals surface area (Å²) < 4.78 is 5.55. The van der Waals surface area contributed by atoms with Crippen LogP contribution in [0.5, 0.6) is 5.75 Å². The molecule has 0 amide bonds. The fraction of sp³-hybridized carbons (Fsp3) is 0.571. The summed E-state index contributed by atoms with van der Waals surface area (Å²) in [5.74, 6) is 0.226. The number of phenolic OH excluding ortho intramolecular Hbond substituents is 1. The monoisotopic (exact) mass is 236 g/mol. The molecule has 3 nitrogen and oxygen atoms in total. The third-order valence-corrected chi connectivity index (χ3v) is 3.47. The number of aliphatic hydroxyl groups is 1. The van der Waals surface area contributed by atoms with Gasteiger partial charge in [-0.15, -0.1) is 0 Å². The third-order valence-electron chi connectivity index (χ3n) is 3.47. The Labute approximate surface area is 102 Å². The molecule has 0 aliphatic carbocycles. The highest BCUT2D eigenvalue weighted by molar-refractivity contribution is 5.29. The summed E-state index contributed by atoms with van der Waals surface area (Å²) in [4.78, 5) is 0. The van der Waals surface area contributed by atoms with Crippen molar-refractivity contribution >= 4 is 0 Å². The van der Waals surface area contributed by atoms with Crippen LogP contribution in [0.2, 0.25) is 0 Å².